The van der Waals surface area contributed by atoms with Crippen LogP contribution in [0.5, 0.6) is 0 Å². The Labute approximate surface area is 178 Å². The Morgan fingerprint density at radius 1 is 1.27 bits per heavy atom. The standard InChI is InChI=1S/C21H21FN2O4S2/c1-30(26,27)16-9-7-14(8-10-16)12-19(25)24(13-15-4-3-11-28-15)21-23-20-17(22)5-2-6-18(20)29-21/h2,5-10,15H,3-4,11-13H2,1H3. The van der Waals surface area contributed by atoms with Crippen LogP contribution in [0.15, 0.2) is 47.4 Å². The number of aromatic nitrogens is 1. The van der Waals surface area contributed by atoms with Crippen LogP contribution in [0.2, 0.25) is 0 Å². The van der Waals surface area contributed by atoms with Crippen LogP contribution in [0, 0.1) is 5.82 Å². The summed E-state index contributed by atoms with van der Waals surface area (Å²) >= 11 is 1.27. The molecule has 1 atom stereocenters. The summed E-state index contributed by atoms with van der Waals surface area (Å²) in [4.78, 5) is 19.3. The molecule has 1 aliphatic rings. The molecule has 30 heavy (non-hydrogen) atoms. The topological polar surface area (TPSA) is 76.6 Å². The predicted octanol–water partition coefficient (Wildman–Crippen LogP) is 3.59. The van der Waals surface area contributed by atoms with Gasteiger partial charge in [-0.15, -0.1) is 0 Å². The fraction of sp³-hybridized carbons (Fsp3) is 0.333. The highest BCUT2D eigenvalue weighted by atomic mass is 32.2. The first kappa shape index (κ1) is 20.9. The number of fused-ring (bicyclic) bond motifs is 1. The van der Waals surface area contributed by atoms with Gasteiger partial charge < -0.3 is 4.74 Å². The fourth-order valence-corrected chi connectivity index (χ4v) is 5.06. The van der Waals surface area contributed by atoms with E-state index in [1.165, 1.54) is 29.5 Å². The van der Waals surface area contributed by atoms with E-state index >= 15 is 0 Å². The number of anilines is 1. The fourth-order valence-electron chi connectivity index (χ4n) is 3.42. The lowest BCUT2D eigenvalue weighted by atomic mass is 10.1. The lowest BCUT2D eigenvalue weighted by Gasteiger charge is -2.23. The van der Waals surface area contributed by atoms with Crippen molar-refractivity contribution < 1.29 is 22.3 Å². The Kier molecular flexibility index (Phi) is 5.86. The number of sulfone groups is 1. The lowest BCUT2D eigenvalue weighted by Crippen LogP contribution is -2.38. The predicted molar refractivity (Wildman–Crippen MR) is 114 cm³/mol. The van der Waals surface area contributed by atoms with Crippen molar-refractivity contribution in [1.29, 1.82) is 0 Å². The molecule has 0 spiro atoms. The Balaban J connectivity index is 1.61. The van der Waals surface area contributed by atoms with Crippen LogP contribution in [0.3, 0.4) is 0 Å². The molecule has 0 radical (unpaired) electrons. The van der Waals surface area contributed by atoms with Crippen LogP contribution in [0.4, 0.5) is 9.52 Å². The first-order valence-electron chi connectivity index (χ1n) is 9.57. The third kappa shape index (κ3) is 4.53. The highest BCUT2D eigenvalue weighted by Gasteiger charge is 2.26. The number of carbonyl (C=O) groups excluding carboxylic acids is 1. The van der Waals surface area contributed by atoms with E-state index in [0.29, 0.717) is 28.5 Å². The summed E-state index contributed by atoms with van der Waals surface area (Å²) < 4.78 is 43.8. The Morgan fingerprint density at radius 3 is 2.67 bits per heavy atom. The number of carbonyl (C=O) groups is 1. The third-order valence-electron chi connectivity index (χ3n) is 5.01. The molecule has 0 aliphatic carbocycles. The Bertz CT molecular complexity index is 1170. The van der Waals surface area contributed by atoms with Gasteiger partial charge in [-0.3, -0.25) is 9.69 Å². The molecule has 6 nitrogen and oxygen atoms in total. The van der Waals surface area contributed by atoms with Crippen molar-refractivity contribution in [2.24, 2.45) is 0 Å². The second kappa shape index (κ2) is 8.41. The number of benzene rings is 2. The van der Waals surface area contributed by atoms with Gasteiger partial charge in [-0.2, -0.15) is 0 Å². The van der Waals surface area contributed by atoms with Gasteiger partial charge in [-0.25, -0.2) is 17.8 Å². The molecular formula is C21H21FN2O4S2. The number of thiazole rings is 1. The first-order valence-corrected chi connectivity index (χ1v) is 12.3. The molecule has 0 bridgehead atoms. The number of ether oxygens (including phenoxy) is 1. The maximum absolute atomic E-state index is 14.1. The average Bonchev–Trinajstić information content (AvgIpc) is 3.36. The molecule has 1 saturated heterocycles. The molecule has 0 saturated carbocycles. The van der Waals surface area contributed by atoms with Gasteiger partial charge in [0.2, 0.25) is 5.91 Å². The van der Waals surface area contributed by atoms with Gasteiger partial charge >= 0.3 is 0 Å². The van der Waals surface area contributed by atoms with Crippen LogP contribution in [0.25, 0.3) is 10.2 Å². The molecular weight excluding hydrogens is 427 g/mol. The summed E-state index contributed by atoms with van der Waals surface area (Å²) in [6, 6.07) is 11.0. The van der Waals surface area contributed by atoms with Crippen molar-refractivity contribution in [3.05, 3.63) is 53.8 Å². The van der Waals surface area contributed by atoms with Crippen molar-refractivity contribution in [1.82, 2.24) is 4.98 Å². The van der Waals surface area contributed by atoms with Gasteiger partial charge in [0.05, 0.1) is 28.7 Å². The van der Waals surface area contributed by atoms with Crippen LogP contribution in [-0.2, 0) is 25.8 Å². The van der Waals surface area contributed by atoms with Crippen LogP contribution >= 0.6 is 11.3 Å². The average molecular weight is 449 g/mol. The molecule has 2 heterocycles. The molecule has 1 unspecified atom stereocenters. The minimum atomic E-state index is -3.30. The second-order valence-electron chi connectivity index (χ2n) is 7.32. The number of amides is 1. The number of hydrogen-bond donors (Lipinski definition) is 0. The summed E-state index contributed by atoms with van der Waals surface area (Å²) in [5.41, 5.74) is 0.942. The molecule has 1 amide bonds. The van der Waals surface area contributed by atoms with Gasteiger partial charge in [0.25, 0.3) is 0 Å². The molecule has 158 valence electrons. The number of nitrogens with zero attached hydrogens (tertiary/aromatic N) is 2. The van der Waals surface area contributed by atoms with Crippen molar-refractivity contribution in [2.45, 2.75) is 30.3 Å². The van der Waals surface area contributed by atoms with Crippen molar-refractivity contribution in [2.75, 3.05) is 24.3 Å². The zero-order valence-electron chi connectivity index (χ0n) is 16.4. The Hall–Kier alpha value is -2.36. The summed E-state index contributed by atoms with van der Waals surface area (Å²) in [7, 11) is -3.30. The Morgan fingerprint density at radius 2 is 2.03 bits per heavy atom. The summed E-state index contributed by atoms with van der Waals surface area (Å²) in [5.74, 6) is -0.618. The smallest absolute Gasteiger partial charge is 0.233 e. The van der Waals surface area contributed by atoms with Gasteiger partial charge in [-0.1, -0.05) is 29.5 Å². The van der Waals surface area contributed by atoms with Crippen LogP contribution < -0.4 is 4.90 Å². The van der Waals surface area contributed by atoms with E-state index < -0.39 is 15.7 Å². The SMILES string of the molecule is CS(=O)(=O)c1ccc(CC(=O)N(CC2CCCO2)c2nc3c(F)cccc3s2)cc1. The molecule has 3 aromatic rings. The lowest BCUT2D eigenvalue weighted by molar-refractivity contribution is -0.118. The van der Waals surface area contributed by atoms with Crippen LogP contribution in [-0.4, -0.2) is 44.8 Å². The van der Waals surface area contributed by atoms with E-state index in [-0.39, 0.29) is 28.8 Å². The number of rotatable bonds is 6. The number of halogens is 1. The molecule has 1 aliphatic heterocycles. The monoisotopic (exact) mass is 448 g/mol. The van der Waals surface area contributed by atoms with Gasteiger partial charge in [0.15, 0.2) is 15.0 Å². The van der Waals surface area contributed by atoms with E-state index in [0.717, 1.165) is 19.1 Å². The summed E-state index contributed by atoms with van der Waals surface area (Å²) in [5, 5.41) is 0.434. The molecule has 2 aromatic carbocycles. The van der Waals surface area contributed by atoms with Gasteiger partial charge in [0.1, 0.15) is 11.3 Å². The summed E-state index contributed by atoms with van der Waals surface area (Å²) in [6.07, 6.45) is 2.93. The maximum Gasteiger partial charge on any atom is 0.233 e. The van der Waals surface area contributed by atoms with E-state index in [4.69, 9.17) is 4.74 Å². The molecule has 0 N–H and O–H groups in total. The zero-order chi connectivity index (χ0) is 21.3. The molecule has 9 heteroatoms. The van der Waals surface area contributed by atoms with E-state index in [1.807, 2.05) is 0 Å². The maximum atomic E-state index is 14.1. The zero-order valence-corrected chi connectivity index (χ0v) is 18.0. The van der Waals surface area contributed by atoms with Crippen molar-refractivity contribution in [3.63, 3.8) is 0 Å². The minimum absolute atomic E-state index is 0.0785. The first-order chi connectivity index (χ1) is 14.3. The number of hydrogen-bond acceptors (Lipinski definition) is 6. The van der Waals surface area contributed by atoms with E-state index in [1.54, 1.807) is 29.2 Å². The van der Waals surface area contributed by atoms with E-state index in [2.05, 4.69) is 4.98 Å². The van der Waals surface area contributed by atoms with Crippen LogP contribution in [0.1, 0.15) is 18.4 Å². The third-order valence-corrected chi connectivity index (χ3v) is 7.18. The summed E-state index contributed by atoms with van der Waals surface area (Å²) in [6.45, 7) is 1.01. The van der Waals surface area contributed by atoms with E-state index in [9.17, 15) is 17.6 Å². The van der Waals surface area contributed by atoms with Gasteiger partial charge in [-0.05, 0) is 42.7 Å². The highest BCUT2D eigenvalue weighted by Crippen LogP contribution is 2.31. The normalized spacial score (nSPS) is 16.8. The second-order valence-corrected chi connectivity index (χ2v) is 10.3. The van der Waals surface area contributed by atoms with Crippen molar-refractivity contribution >= 4 is 42.4 Å². The highest BCUT2D eigenvalue weighted by molar-refractivity contribution is 7.90. The van der Waals surface area contributed by atoms with Gasteiger partial charge in [0, 0.05) is 12.9 Å². The quantitative estimate of drug-likeness (QED) is 0.576. The molecule has 1 aromatic heterocycles. The molecule has 1 fully saturated rings. The largest absolute Gasteiger partial charge is 0.376 e. The molecule has 4 rings (SSSR count). The minimum Gasteiger partial charge on any atom is -0.376 e. The van der Waals surface area contributed by atoms with Crippen molar-refractivity contribution in [3.8, 4) is 0 Å². The number of para-hydroxylation sites is 1.